The van der Waals surface area contributed by atoms with Crippen LogP contribution in [0.4, 0.5) is 10.1 Å². The van der Waals surface area contributed by atoms with Crippen LogP contribution in [0.2, 0.25) is 0 Å². The molecule has 0 aliphatic heterocycles. The van der Waals surface area contributed by atoms with Crippen molar-refractivity contribution in [2.75, 3.05) is 4.72 Å². The number of carbonyl (C=O) groups excluding carboxylic acids is 1. The van der Waals surface area contributed by atoms with E-state index in [1.165, 1.54) is 43.3 Å². The first-order valence-electron chi connectivity index (χ1n) is 6.19. The highest BCUT2D eigenvalue weighted by Crippen LogP contribution is 2.21. The van der Waals surface area contributed by atoms with E-state index in [9.17, 15) is 17.6 Å². The Labute approximate surface area is 122 Å². The average Bonchev–Trinajstić information content (AvgIpc) is 2.42. The molecule has 2 rings (SSSR count). The molecule has 0 aliphatic rings. The Morgan fingerprint density at radius 3 is 2.48 bits per heavy atom. The molecule has 0 unspecified atom stereocenters. The van der Waals surface area contributed by atoms with Gasteiger partial charge in [0.1, 0.15) is 5.82 Å². The van der Waals surface area contributed by atoms with Crippen LogP contribution in [-0.2, 0) is 10.0 Å². The fraction of sp³-hybridized carbons (Fsp3) is 0.133. The molecule has 0 fully saturated rings. The summed E-state index contributed by atoms with van der Waals surface area (Å²) in [6.07, 6.45) is 0. The molecule has 0 aromatic heterocycles. The van der Waals surface area contributed by atoms with Crippen LogP contribution in [-0.4, -0.2) is 14.2 Å². The summed E-state index contributed by atoms with van der Waals surface area (Å²) >= 11 is 0. The first-order chi connectivity index (χ1) is 9.79. The van der Waals surface area contributed by atoms with Crippen molar-refractivity contribution in [2.45, 2.75) is 18.7 Å². The van der Waals surface area contributed by atoms with E-state index in [0.717, 1.165) is 0 Å². The van der Waals surface area contributed by atoms with Crippen molar-refractivity contribution in [3.63, 3.8) is 0 Å². The zero-order valence-corrected chi connectivity index (χ0v) is 12.4. The summed E-state index contributed by atoms with van der Waals surface area (Å²) in [6, 6.07) is 9.53. The Balaban J connectivity index is 2.38. The second-order valence-electron chi connectivity index (χ2n) is 4.65. The number of sulfonamides is 1. The van der Waals surface area contributed by atoms with Gasteiger partial charge < -0.3 is 0 Å². The third kappa shape index (κ3) is 3.46. The summed E-state index contributed by atoms with van der Waals surface area (Å²) in [5.41, 5.74) is 1.08. The predicted molar refractivity (Wildman–Crippen MR) is 78.4 cm³/mol. The van der Waals surface area contributed by atoms with Crippen molar-refractivity contribution in [3.8, 4) is 0 Å². The number of anilines is 1. The van der Waals surface area contributed by atoms with Crippen LogP contribution < -0.4 is 4.72 Å². The first-order valence-corrected chi connectivity index (χ1v) is 7.68. The Hall–Kier alpha value is -2.21. The number of rotatable bonds is 4. The van der Waals surface area contributed by atoms with Gasteiger partial charge in [-0.25, -0.2) is 12.8 Å². The van der Waals surface area contributed by atoms with Crippen molar-refractivity contribution < 1.29 is 17.6 Å². The molecule has 6 heteroatoms. The maximum Gasteiger partial charge on any atom is 0.261 e. The van der Waals surface area contributed by atoms with Crippen LogP contribution in [0.3, 0.4) is 0 Å². The minimum atomic E-state index is -3.83. The highest BCUT2D eigenvalue weighted by molar-refractivity contribution is 7.92. The number of aryl methyl sites for hydroxylation is 1. The number of ketones is 1. The van der Waals surface area contributed by atoms with Gasteiger partial charge in [-0.1, -0.05) is 12.1 Å². The Kier molecular flexibility index (Phi) is 4.09. The second-order valence-corrected chi connectivity index (χ2v) is 6.33. The number of nitrogens with one attached hydrogen (secondary N) is 1. The minimum absolute atomic E-state index is 0.0149. The van der Waals surface area contributed by atoms with Crippen LogP contribution in [0.1, 0.15) is 22.8 Å². The number of hydrogen-bond donors (Lipinski definition) is 1. The third-order valence-electron chi connectivity index (χ3n) is 2.98. The number of halogens is 1. The van der Waals surface area contributed by atoms with E-state index in [-0.39, 0.29) is 10.7 Å². The topological polar surface area (TPSA) is 63.2 Å². The molecule has 0 radical (unpaired) electrons. The Morgan fingerprint density at radius 1 is 1.14 bits per heavy atom. The molecule has 0 aliphatic carbocycles. The predicted octanol–water partition coefficient (Wildman–Crippen LogP) is 3.14. The molecule has 0 spiro atoms. The van der Waals surface area contributed by atoms with Crippen molar-refractivity contribution in [1.82, 2.24) is 0 Å². The zero-order valence-electron chi connectivity index (χ0n) is 11.6. The molecule has 1 N–H and O–H groups in total. The summed E-state index contributed by atoms with van der Waals surface area (Å²) in [4.78, 5) is 11.3. The molecule has 0 bridgehead atoms. The quantitative estimate of drug-likeness (QED) is 0.883. The molecule has 0 heterocycles. The summed E-state index contributed by atoms with van der Waals surface area (Å²) in [5.74, 6) is -0.654. The fourth-order valence-corrected chi connectivity index (χ4v) is 3.00. The molecular formula is C15H14FNO3S. The number of Topliss-reactive ketones (excluding diaryl/α,β-unsaturated/α-hetero) is 1. The molecule has 2 aromatic carbocycles. The van der Waals surface area contributed by atoms with Gasteiger partial charge in [-0.3, -0.25) is 9.52 Å². The van der Waals surface area contributed by atoms with Crippen LogP contribution in [0.5, 0.6) is 0 Å². The molecule has 0 amide bonds. The maximum atomic E-state index is 13.0. The summed E-state index contributed by atoms with van der Waals surface area (Å²) in [6.45, 7) is 2.97. The van der Waals surface area contributed by atoms with Gasteiger partial charge in [0.25, 0.3) is 10.0 Å². The number of carbonyl (C=O) groups is 1. The first kappa shape index (κ1) is 15.2. The van der Waals surface area contributed by atoms with Gasteiger partial charge in [0.15, 0.2) is 5.78 Å². The SMILES string of the molecule is CC(=O)c1cccc(S(=O)(=O)Nc2ccc(F)cc2C)c1. The Bertz CT molecular complexity index is 800. The smallest absolute Gasteiger partial charge is 0.261 e. The van der Waals surface area contributed by atoms with Gasteiger partial charge in [-0.05, 0) is 49.7 Å². The van der Waals surface area contributed by atoms with E-state index in [1.807, 2.05) is 0 Å². The average molecular weight is 307 g/mol. The summed E-state index contributed by atoms with van der Waals surface area (Å²) < 4.78 is 40.0. The molecule has 110 valence electrons. The highest BCUT2D eigenvalue weighted by Gasteiger charge is 2.16. The van der Waals surface area contributed by atoms with Crippen LogP contribution >= 0.6 is 0 Å². The largest absolute Gasteiger partial charge is 0.295 e. The van der Waals surface area contributed by atoms with Crippen molar-refractivity contribution in [3.05, 3.63) is 59.4 Å². The molecule has 21 heavy (non-hydrogen) atoms. The monoisotopic (exact) mass is 307 g/mol. The molecule has 0 atom stereocenters. The van der Waals surface area contributed by atoms with Crippen molar-refractivity contribution >= 4 is 21.5 Å². The molecule has 0 saturated heterocycles. The number of hydrogen-bond acceptors (Lipinski definition) is 3. The lowest BCUT2D eigenvalue weighted by Gasteiger charge is -2.11. The third-order valence-corrected chi connectivity index (χ3v) is 4.35. The standard InChI is InChI=1S/C15H14FNO3S/c1-10-8-13(16)6-7-15(10)17-21(19,20)14-5-3-4-12(9-14)11(2)18/h3-9,17H,1-2H3. The van der Waals surface area contributed by atoms with E-state index in [4.69, 9.17) is 0 Å². The van der Waals surface area contributed by atoms with Gasteiger partial charge in [0.2, 0.25) is 0 Å². The van der Waals surface area contributed by atoms with Crippen LogP contribution in [0, 0.1) is 12.7 Å². The second kappa shape index (κ2) is 5.65. The lowest BCUT2D eigenvalue weighted by atomic mass is 10.2. The van der Waals surface area contributed by atoms with Gasteiger partial charge in [0, 0.05) is 5.56 Å². The van der Waals surface area contributed by atoms with E-state index in [2.05, 4.69) is 4.72 Å². The van der Waals surface area contributed by atoms with Gasteiger partial charge in [-0.2, -0.15) is 0 Å². The van der Waals surface area contributed by atoms with E-state index in [1.54, 1.807) is 13.0 Å². The zero-order chi connectivity index (χ0) is 15.6. The maximum absolute atomic E-state index is 13.0. The normalized spacial score (nSPS) is 11.2. The van der Waals surface area contributed by atoms with E-state index >= 15 is 0 Å². The molecule has 0 saturated carbocycles. The molecule has 2 aromatic rings. The number of benzene rings is 2. The fourth-order valence-electron chi connectivity index (χ4n) is 1.83. The Morgan fingerprint density at radius 2 is 1.86 bits per heavy atom. The van der Waals surface area contributed by atoms with E-state index < -0.39 is 15.8 Å². The van der Waals surface area contributed by atoms with Crippen molar-refractivity contribution in [1.29, 1.82) is 0 Å². The summed E-state index contributed by atoms with van der Waals surface area (Å²) in [5, 5.41) is 0. The molecular weight excluding hydrogens is 293 g/mol. The van der Waals surface area contributed by atoms with E-state index in [0.29, 0.717) is 16.8 Å². The molecule has 4 nitrogen and oxygen atoms in total. The van der Waals surface area contributed by atoms with Gasteiger partial charge >= 0.3 is 0 Å². The summed E-state index contributed by atoms with van der Waals surface area (Å²) in [7, 11) is -3.83. The van der Waals surface area contributed by atoms with Crippen LogP contribution in [0.15, 0.2) is 47.4 Å². The lowest BCUT2D eigenvalue weighted by molar-refractivity contribution is 0.101. The minimum Gasteiger partial charge on any atom is -0.295 e. The highest BCUT2D eigenvalue weighted by atomic mass is 32.2. The van der Waals surface area contributed by atoms with Crippen molar-refractivity contribution in [2.24, 2.45) is 0 Å². The lowest BCUT2D eigenvalue weighted by Crippen LogP contribution is -2.14. The van der Waals surface area contributed by atoms with Crippen LogP contribution in [0.25, 0.3) is 0 Å². The van der Waals surface area contributed by atoms with Gasteiger partial charge in [-0.15, -0.1) is 0 Å². The van der Waals surface area contributed by atoms with Gasteiger partial charge in [0.05, 0.1) is 10.6 Å².